The number of imidazole rings is 1. The van der Waals surface area contributed by atoms with Crippen molar-refractivity contribution in [2.75, 3.05) is 26.8 Å². The summed E-state index contributed by atoms with van der Waals surface area (Å²) in [4.78, 5) is 6.49. The van der Waals surface area contributed by atoms with Gasteiger partial charge in [0.25, 0.3) is 0 Å². The second kappa shape index (κ2) is 6.67. The van der Waals surface area contributed by atoms with Crippen LogP contribution in [0, 0.1) is 5.41 Å². The Hall–Kier alpha value is -1.69. The Morgan fingerprint density at radius 3 is 2.58 bits per heavy atom. The maximum Gasteiger partial charge on any atom is 0.0991 e. The number of hydrogen-bond donors (Lipinski definition) is 1. The number of benzene rings is 1. The summed E-state index contributed by atoms with van der Waals surface area (Å²) in [6, 6.07) is 8.57. The Kier molecular flexibility index (Phi) is 4.76. The molecule has 1 atom stereocenters. The van der Waals surface area contributed by atoms with Gasteiger partial charge in [0.05, 0.1) is 18.5 Å². The Bertz CT molecular complexity index is 652. The zero-order valence-corrected chi connectivity index (χ0v) is 14.8. The van der Waals surface area contributed by atoms with Crippen LogP contribution in [0.4, 0.5) is 0 Å². The Labute approximate surface area is 143 Å². The molecule has 0 spiro atoms. The van der Waals surface area contributed by atoms with Crippen LogP contribution < -0.4 is 0 Å². The van der Waals surface area contributed by atoms with E-state index in [1.807, 2.05) is 10.8 Å². The van der Waals surface area contributed by atoms with Gasteiger partial charge in [0.1, 0.15) is 0 Å². The molecule has 1 N–H and O–H groups in total. The normalized spacial score (nSPS) is 24.2. The van der Waals surface area contributed by atoms with Crippen molar-refractivity contribution in [2.24, 2.45) is 5.41 Å². The summed E-state index contributed by atoms with van der Waals surface area (Å²) < 4.78 is 7.24. The van der Waals surface area contributed by atoms with Gasteiger partial charge in [-0.05, 0) is 24.1 Å². The number of methoxy groups -OCH3 is 1. The van der Waals surface area contributed by atoms with Crippen molar-refractivity contribution in [3.8, 4) is 5.69 Å². The fraction of sp³-hybridized carbons (Fsp3) is 0.526. The molecule has 5 heteroatoms. The van der Waals surface area contributed by atoms with Gasteiger partial charge < -0.3 is 14.4 Å². The minimum absolute atomic E-state index is 0.196. The molecule has 0 radical (unpaired) electrons. The molecule has 2 heterocycles. The summed E-state index contributed by atoms with van der Waals surface area (Å²) in [6.45, 7) is 7.29. The second-order valence-corrected chi connectivity index (χ2v) is 7.45. The van der Waals surface area contributed by atoms with E-state index in [9.17, 15) is 5.11 Å². The maximum absolute atomic E-state index is 10.9. The molecule has 1 aromatic heterocycles. The van der Waals surface area contributed by atoms with E-state index in [1.165, 1.54) is 5.56 Å². The number of likely N-dealkylation sites (tertiary alicyclic amines) is 1. The minimum atomic E-state index is -0.746. The van der Waals surface area contributed by atoms with Crippen LogP contribution in [-0.4, -0.2) is 52.0 Å². The van der Waals surface area contributed by atoms with Crippen molar-refractivity contribution in [2.45, 2.75) is 32.4 Å². The minimum Gasteiger partial charge on any atom is -0.387 e. The fourth-order valence-corrected chi connectivity index (χ4v) is 3.55. The van der Waals surface area contributed by atoms with Gasteiger partial charge in [0.2, 0.25) is 0 Å². The van der Waals surface area contributed by atoms with Gasteiger partial charge in [0, 0.05) is 50.2 Å². The van der Waals surface area contributed by atoms with Crippen LogP contribution in [0.2, 0.25) is 0 Å². The zero-order valence-electron chi connectivity index (χ0n) is 14.8. The first-order valence-corrected chi connectivity index (χ1v) is 8.44. The van der Waals surface area contributed by atoms with E-state index in [-0.39, 0.29) is 5.41 Å². The molecule has 5 nitrogen and oxygen atoms in total. The number of piperidine rings is 1. The van der Waals surface area contributed by atoms with Gasteiger partial charge in [-0.25, -0.2) is 4.98 Å². The third kappa shape index (κ3) is 3.38. The summed E-state index contributed by atoms with van der Waals surface area (Å²) in [5.41, 5.74) is 1.46. The average Bonchev–Trinajstić information content (AvgIpc) is 3.06. The molecule has 1 fully saturated rings. The standard InChI is InChI=1S/C19H27N3O2/c1-18(2)13-21(10-8-19(18,23)14-24-3)12-16-4-6-17(7-5-16)22-11-9-20-15-22/h4-7,9,11,15,23H,8,10,12-14H2,1-3H3/t19-/m1/s1. The fourth-order valence-electron chi connectivity index (χ4n) is 3.55. The SMILES string of the molecule is COC[C@]1(O)CCN(Cc2ccc(-n3ccnc3)cc2)CC1(C)C. The molecule has 3 rings (SSSR count). The molecule has 1 saturated heterocycles. The Morgan fingerprint density at radius 2 is 2.00 bits per heavy atom. The average molecular weight is 329 g/mol. The predicted octanol–water partition coefficient (Wildman–Crippen LogP) is 2.48. The van der Waals surface area contributed by atoms with E-state index in [0.717, 1.165) is 31.7 Å². The maximum atomic E-state index is 10.9. The van der Waals surface area contributed by atoms with Crippen LogP contribution in [0.1, 0.15) is 25.8 Å². The molecule has 1 aliphatic heterocycles. The molecule has 0 aliphatic carbocycles. The highest BCUT2D eigenvalue weighted by Gasteiger charge is 2.47. The summed E-state index contributed by atoms with van der Waals surface area (Å²) in [5.74, 6) is 0. The first-order chi connectivity index (χ1) is 11.4. The van der Waals surface area contributed by atoms with Crippen LogP contribution in [-0.2, 0) is 11.3 Å². The van der Waals surface area contributed by atoms with Crippen molar-refractivity contribution >= 4 is 0 Å². The first-order valence-electron chi connectivity index (χ1n) is 8.44. The lowest BCUT2D eigenvalue weighted by Gasteiger charge is -2.50. The van der Waals surface area contributed by atoms with Gasteiger partial charge in [-0.2, -0.15) is 0 Å². The van der Waals surface area contributed by atoms with E-state index < -0.39 is 5.60 Å². The molecule has 0 bridgehead atoms. The first kappa shape index (κ1) is 17.1. The Balaban J connectivity index is 1.65. The summed E-state index contributed by atoms with van der Waals surface area (Å²) in [7, 11) is 1.66. The van der Waals surface area contributed by atoms with Crippen molar-refractivity contribution in [3.63, 3.8) is 0 Å². The topological polar surface area (TPSA) is 50.5 Å². The van der Waals surface area contributed by atoms with E-state index in [4.69, 9.17) is 4.74 Å². The summed E-state index contributed by atoms with van der Waals surface area (Å²) in [6.07, 6.45) is 6.27. The van der Waals surface area contributed by atoms with Crippen molar-refractivity contribution in [1.82, 2.24) is 14.5 Å². The lowest BCUT2D eigenvalue weighted by molar-refractivity contribution is -0.151. The number of aromatic nitrogens is 2. The highest BCUT2D eigenvalue weighted by atomic mass is 16.5. The van der Waals surface area contributed by atoms with Crippen LogP contribution in [0.15, 0.2) is 43.0 Å². The lowest BCUT2D eigenvalue weighted by atomic mass is 9.70. The van der Waals surface area contributed by atoms with Gasteiger partial charge in [-0.15, -0.1) is 0 Å². The van der Waals surface area contributed by atoms with Gasteiger partial charge in [-0.1, -0.05) is 26.0 Å². The molecular weight excluding hydrogens is 302 g/mol. The van der Waals surface area contributed by atoms with Gasteiger partial charge in [0.15, 0.2) is 0 Å². The molecule has 0 unspecified atom stereocenters. The van der Waals surface area contributed by atoms with Gasteiger partial charge in [-0.3, -0.25) is 4.90 Å². The van der Waals surface area contributed by atoms with E-state index >= 15 is 0 Å². The number of ether oxygens (including phenoxy) is 1. The quantitative estimate of drug-likeness (QED) is 0.916. The Morgan fingerprint density at radius 1 is 1.25 bits per heavy atom. The van der Waals surface area contributed by atoms with Gasteiger partial charge >= 0.3 is 0 Å². The largest absolute Gasteiger partial charge is 0.387 e. The van der Waals surface area contributed by atoms with E-state index in [1.54, 1.807) is 19.6 Å². The molecule has 2 aromatic rings. The molecule has 130 valence electrons. The summed E-state index contributed by atoms with van der Waals surface area (Å²) in [5, 5.41) is 10.9. The number of nitrogens with zero attached hydrogens (tertiary/aromatic N) is 3. The van der Waals surface area contributed by atoms with E-state index in [2.05, 4.69) is 48.0 Å². The molecule has 1 aromatic carbocycles. The third-order valence-corrected chi connectivity index (χ3v) is 5.25. The molecule has 24 heavy (non-hydrogen) atoms. The molecule has 0 saturated carbocycles. The second-order valence-electron chi connectivity index (χ2n) is 7.45. The monoisotopic (exact) mass is 329 g/mol. The highest BCUT2D eigenvalue weighted by molar-refractivity contribution is 5.34. The summed E-state index contributed by atoms with van der Waals surface area (Å²) >= 11 is 0. The number of rotatable bonds is 5. The van der Waals surface area contributed by atoms with Crippen LogP contribution in [0.5, 0.6) is 0 Å². The van der Waals surface area contributed by atoms with E-state index in [0.29, 0.717) is 6.61 Å². The molecule has 1 aliphatic rings. The van der Waals surface area contributed by atoms with Crippen LogP contribution >= 0.6 is 0 Å². The van der Waals surface area contributed by atoms with Crippen LogP contribution in [0.25, 0.3) is 5.69 Å². The predicted molar refractivity (Wildman–Crippen MR) is 94.1 cm³/mol. The lowest BCUT2D eigenvalue weighted by Crippen LogP contribution is -2.59. The number of aliphatic hydroxyl groups is 1. The van der Waals surface area contributed by atoms with Crippen LogP contribution in [0.3, 0.4) is 0 Å². The molecule has 0 amide bonds. The third-order valence-electron chi connectivity index (χ3n) is 5.25. The van der Waals surface area contributed by atoms with Crippen molar-refractivity contribution in [1.29, 1.82) is 0 Å². The zero-order chi connectivity index (χ0) is 17.2. The van der Waals surface area contributed by atoms with Crippen molar-refractivity contribution < 1.29 is 9.84 Å². The molecular formula is C19H27N3O2. The number of hydrogen-bond acceptors (Lipinski definition) is 4. The highest BCUT2D eigenvalue weighted by Crippen LogP contribution is 2.39. The van der Waals surface area contributed by atoms with Crippen molar-refractivity contribution in [3.05, 3.63) is 48.5 Å². The smallest absolute Gasteiger partial charge is 0.0991 e.